The van der Waals surface area contributed by atoms with Gasteiger partial charge in [0, 0.05) is 47.4 Å². The van der Waals surface area contributed by atoms with E-state index < -0.39 is 0 Å². The number of carbonyl (C=O) groups is 2. The summed E-state index contributed by atoms with van der Waals surface area (Å²) in [5.41, 5.74) is 3.06. The van der Waals surface area contributed by atoms with Crippen LogP contribution in [0.15, 0.2) is 18.3 Å². The maximum atomic E-state index is 13.1. The number of nitrogens with one attached hydrogen (secondary N) is 1. The van der Waals surface area contributed by atoms with Gasteiger partial charge in [-0.15, -0.1) is 11.3 Å². The molecule has 1 saturated heterocycles. The molecule has 1 N–H and O–H groups in total. The molecule has 0 aliphatic carbocycles. The molecule has 0 spiro atoms. The van der Waals surface area contributed by atoms with Crippen LogP contribution in [0.5, 0.6) is 0 Å². The van der Waals surface area contributed by atoms with Crippen LogP contribution in [0.3, 0.4) is 0 Å². The number of carbonyl (C=O) groups excluding carboxylic acids is 2. The van der Waals surface area contributed by atoms with Crippen LogP contribution in [0.4, 0.5) is 0 Å². The smallest absolute Gasteiger partial charge is 0.252 e. The van der Waals surface area contributed by atoms with Gasteiger partial charge in [0.05, 0.1) is 22.8 Å². The first-order chi connectivity index (χ1) is 14.8. The van der Waals surface area contributed by atoms with Gasteiger partial charge >= 0.3 is 0 Å². The molecule has 1 aliphatic rings. The number of likely N-dealkylation sites (tertiary alicyclic amines) is 1. The van der Waals surface area contributed by atoms with Gasteiger partial charge in [0.1, 0.15) is 0 Å². The van der Waals surface area contributed by atoms with E-state index in [9.17, 15) is 9.59 Å². The molecule has 1 aliphatic heterocycles. The van der Waals surface area contributed by atoms with Crippen molar-refractivity contribution in [2.75, 3.05) is 19.6 Å². The zero-order valence-corrected chi connectivity index (χ0v) is 19.4. The van der Waals surface area contributed by atoms with E-state index in [0.717, 1.165) is 42.6 Å². The molecule has 0 radical (unpaired) electrons. The molecule has 2 amide bonds. The summed E-state index contributed by atoms with van der Waals surface area (Å²) >= 11 is 1.72. The molecular formula is C23H29N5O2S. The van der Waals surface area contributed by atoms with E-state index in [0.29, 0.717) is 24.2 Å². The summed E-state index contributed by atoms with van der Waals surface area (Å²) in [4.78, 5) is 34.5. The second-order valence-electron chi connectivity index (χ2n) is 8.40. The van der Waals surface area contributed by atoms with Gasteiger partial charge < -0.3 is 10.2 Å². The number of aromatic nitrogens is 3. The van der Waals surface area contributed by atoms with Crippen molar-refractivity contribution in [3.8, 4) is 11.3 Å². The van der Waals surface area contributed by atoms with Gasteiger partial charge in [-0.05, 0) is 52.7 Å². The summed E-state index contributed by atoms with van der Waals surface area (Å²) in [6.45, 7) is 10.2. The maximum Gasteiger partial charge on any atom is 0.252 e. The number of aryl methyl sites for hydroxylation is 2. The van der Waals surface area contributed by atoms with Crippen molar-refractivity contribution in [3.63, 3.8) is 0 Å². The number of hydrogen-bond acceptors (Lipinski definition) is 5. The van der Waals surface area contributed by atoms with Crippen molar-refractivity contribution >= 4 is 34.2 Å². The lowest BCUT2D eigenvalue weighted by atomic mass is 10.1. The molecule has 164 valence electrons. The van der Waals surface area contributed by atoms with Crippen LogP contribution < -0.4 is 5.32 Å². The van der Waals surface area contributed by atoms with Crippen LogP contribution in [0.1, 0.15) is 59.3 Å². The molecule has 0 unspecified atom stereocenters. The van der Waals surface area contributed by atoms with Crippen molar-refractivity contribution in [2.45, 2.75) is 53.0 Å². The van der Waals surface area contributed by atoms with Crippen molar-refractivity contribution in [1.29, 1.82) is 0 Å². The average Bonchev–Trinajstić information content (AvgIpc) is 3.46. The lowest BCUT2D eigenvalue weighted by molar-refractivity contribution is -0.129. The van der Waals surface area contributed by atoms with Crippen LogP contribution in [-0.4, -0.2) is 51.1 Å². The fraction of sp³-hybridized carbons (Fsp3) is 0.478. The van der Waals surface area contributed by atoms with Crippen LogP contribution >= 0.6 is 11.3 Å². The second kappa shape index (κ2) is 8.78. The molecular weight excluding hydrogens is 410 g/mol. The van der Waals surface area contributed by atoms with Crippen LogP contribution in [0, 0.1) is 13.8 Å². The minimum absolute atomic E-state index is 0.107. The number of rotatable bonds is 6. The lowest BCUT2D eigenvalue weighted by Crippen LogP contribution is -2.32. The van der Waals surface area contributed by atoms with Crippen molar-refractivity contribution in [3.05, 3.63) is 33.6 Å². The third kappa shape index (κ3) is 4.35. The lowest BCUT2D eigenvalue weighted by Gasteiger charge is -2.15. The third-order valence-electron chi connectivity index (χ3n) is 5.70. The number of nitrogens with zero attached hydrogens (tertiary/aromatic N) is 4. The molecule has 0 atom stereocenters. The fourth-order valence-corrected chi connectivity index (χ4v) is 5.04. The Morgan fingerprint density at radius 2 is 1.94 bits per heavy atom. The predicted octanol–water partition coefficient (Wildman–Crippen LogP) is 4.10. The van der Waals surface area contributed by atoms with E-state index in [4.69, 9.17) is 4.98 Å². The molecule has 3 aromatic rings. The number of pyridine rings is 1. The van der Waals surface area contributed by atoms with E-state index in [1.54, 1.807) is 17.5 Å². The highest BCUT2D eigenvalue weighted by molar-refractivity contribution is 7.12. The van der Waals surface area contributed by atoms with E-state index in [-0.39, 0.29) is 17.9 Å². The fourth-order valence-electron chi connectivity index (χ4n) is 4.11. The van der Waals surface area contributed by atoms with Crippen molar-refractivity contribution < 1.29 is 9.59 Å². The Morgan fingerprint density at radius 3 is 2.58 bits per heavy atom. The standard InChI is InChI=1S/C23H29N5O2S/c1-14(2)28-22-19(13-25-28)18(12-20(26-22)17-11-15(3)31-16(17)4)23(30)24-8-7-21(29)27-9-5-6-10-27/h11-14H,5-10H2,1-4H3,(H,24,30). The van der Waals surface area contributed by atoms with Gasteiger partial charge in [-0.3, -0.25) is 9.59 Å². The normalized spacial score (nSPS) is 14.0. The van der Waals surface area contributed by atoms with Gasteiger partial charge in [-0.1, -0.05) is 0 Å². The molecule has 1 fully saturated rings. The van der Waals surface area contributed by atoms with Crippen LogP contribution in [0.2, 0.25) is 0 Å². The molecule has 4 rings (SSSR count). The van der Waals surface area contributed by atoms with Gasteiger partial charge in [-0.25, -0.2) is 9.67 Å². The minimum Gasteiger partial charge on any atom is -0.351 e. The van der Waals surface area contributed by atoms with Gasteiger partial charge in [0.2, 0.25) is 5.91 Å². The van der Waals surface area contributed by atoms with Crippen LogP contribution in [-0.2, 0) is 4.79 Å². The Bertz CT molecular complexity index is 1120. The largest absolute Gasteiger partial charge is 0.351 e. The Hall–Kier alpha value is -2.74. The highest BCUT2D eigenvalue weighted by Crippen LogP contribution is 2.32. The van der Waals surface area contributed by atoms with Crippen LogP contribution in [0.25, 0.3) is 22.3 Å². The van der Waals surface area contributed by atoms with Crippen molar-refractivity contribution in [2.24, 2.45) is 0 Å². The summed E-state index contributed by atoms with van der Waals surface area (Å²) in [6.07, 6.45) is 4.16. The van der Waals surface area contributed by atoms with Gasteiger partial charge in [0.15, 0.2) is 5.65 Å². The topological polar surface area (TPSA) is 80.1 Å². The molecule has 4 heterocycles. The molecule has 0 bridgehead atoms. The highest BCUT2D eigenvalue weighted by Gasteiger charge is 2.21. The summed E-state index contributed by atoms with van der Waals surface area (Å²) < 4.78 is 1.85. The first-order valence-corrected chi connectivity index (χ1v) is 11.7. The first-order valence-electron chi connectivity index (χ1n) is 10.9. The molecule has 0 saturated carbocycles. The Kier molecular flexibility index (Phi) is 6.09. The number of amides is 2. The maximum absolute atomic E-state index is 13.1. The Labute approximate surface area is 186 Å². The Morgan fingerprint density at radius 1 is 1.19 bits per heavy atom. The first kappa shape index (κ1) is 21.5. The summed E-state index contributed by atoms with van der Waals surface area (Å²) in [7, 11) is 0. The minimum atomic E-state index is -0.198. The summed E-state index contributed by atoms with van der Waals surface area (Å²) in [5.74, 6) is -0.0915. The quantitative estimate of drug-likeness (QED) is 0.627. The molecule has 7 nitrogen and oxygen atoms in total. The zero-order valence-electron chi connectivity index (χ0n) is 18.6. The molecule has 8 heteroatoms. The number of fused-ring (bicyclic) bond motifs is 1. The summed E-state index contributed by atoms with van der Waals surface area (Å²) in [5, 5.41) is 8.14. The van der Waals surface area contributed by atoms with Gasteiger partial charge in [0.25, 0.3) is 5.91 Å². The molecule has 3 aromatic heterocycles. The summed E-state index contributed by atoms with van der Waals surface area (Å²) in [6, 6.07) is 4.08. The van der Waals surface area contributed by atoms with E-state index in [1.165, 1.54) is 9.75 Å². The van der Waals surface area contributed by atoms with Crippen molar-refractivity contribution in [1.82, 2.24) is 25.0 Å². The van der Waals surface area contributed by atoms with E-state index >= 15 is 0 Å². The van der Waals surface area contributed by atoms with E-state index in [1.807, 2.05) is 29.5 Å². The zero-order chi connectivity index (χ0) is 22.1. The molecule has 0 aromatic carbocycles. The SMILES string of the molecule is Cc1cc(-c2cc(C(=O)NCCC(=O)N3CCCC3)c3cnn(C(C)C)c3n2)c(C)s1. The van der Waals surface area contributed by atoms with E-state index in [2.05, 4.69) is 30.3 Å². The Balaban J connectivity index is 1.63. The second-order valence-corrected chi connectivity index (χ2v) is 9.86. The van der Waals surface area contributed by atoms with Gasteiger partial charge in [-0.2, -0.15) is 5.10 Å². The third-order valence-corrected chi connectivity index (χ3v) is 6.67. The highest BCUT2D eigenvalue weighted by atomic mass is 32.1. The number of thiophene rings is 1. The predicted molar refractivity (Wildman–Crippen MR) is 123 cm³/mol. The molecule has 31 heavy (non-hydrogen) atoms. The monoisotopic (exact) mass is 439 g/mol. The average molecular weight is 440 g/mol. The number of hydrogen-bond donors (Lipinski definition) is 1.